The van der Waals surface area contributed by atoms with Crippen LogP contribution in [-0.4, -0.2) is 5.78 Å². The summed E-state index contributed by atoms with van der Waals surface area (Å²) in [5.41, 5.74) is 0.812. The summed E-state index contributed by atoms with van der Waals surface area (Å²) in [6.45, 7) is 1.59. The molecule has 2 rings (SSSR count). The van der Waals surface area contributed by atoms with E-state index in [9.17, 15) is 4.79 Å². The second-order valence-corrected chi connectivity index (χ2v) is 3.54. The van der Waals surface area contributed by atoms with Gasteiger partial charge in [0.1, 0.15) is 0 Å². The van der Waals surface area contributed by atoms with Crippen LogP contribution in [0.4, 0.5) is 0 Å². The predicted octanol–water partition coefficient (Wildman–Crippen LogP) is 2.90. The molecule has 0 aliphatic rings. The number of hydrogen-bond donors (Lipinski definition) is 0. The molecule has 0 fully saturated rings. The molecule has 1 aromatic carbocycles. The molecular formula is C10H7OS. The number of carbonyl (C=O) groups excluding carboxylic acids is 1. The Morgan fingerprint density at radius 3 is 3.17 bits per heavy atom. The van der Waals surface area contributed by atoms with Crippen LogP contribution in [0.25, 0.3) is 10.1 Å². The Hall–Kier alpha value is -1.15. The maximum atomic E-state index is 11.1. The Kier molecular flexibility index (Phi) is 1.70. The van der Waals surface area contributed by atoms with Gasteiger partial charge in [0.2, 0.25) is 0 Å². The molecule has 0 bridgehead atoms. The number of Topliss-reactive ketones (excluding diaryl/α,β-unsaturated/α-hetero) is 1. The number of ketones is 1. The zero-order valence-corrected chi connectivity index (χ0v) is 7.44. The number of benzene rings is 1. The van der Waals surface area contributed by atoms with E-state index in [1.165, 1.54) is 0 Å². The molecule has 0 atom stereocenters. The van der Waals surface area contributed by atoms with Crippen LogP contribution in [0.1, 0.15) is 17.3 Å². The molecule has 2 heteroatoms. The molecule has 0 saturated heterocycles. The SMILES string of the molecule is CC(=O)c1csc2cc[c]cc12. The first-order chi connectivity index (χ1) is 5.79. The first-order valence-electron chi connectivity index (χ1n) is 3.67. The molecule has 0 aliphatic heterocycles. The van der Waals surface area contributed by atoms with Gasteiger partial charge in [0.25, 0.3) is 0 Å². The molecule has 0 spiro atoms. The summed E-state index contributed by atoms with van der Waals surface area (Å²) in [6.07, 6.45) is 0. The lowest BCUT2D eigenvalue weighted by Crippen LogP contribution is -1.87. The van der Waals surface area contributed by atoms with Gasteiger partial charge in [0, 0.05) is 21.0 Å². The molecule has 1 aromatic heterocycles. The van der Waals surface area contributed by atoms with E-state index in [4.69, 9.17) is 0 Å². The zero-order chi connectivity index (χ0) is 8.55. The lowest BCUT2D eigenvalue weighted by Gasteiger charge is -1.90. The Balaban J connectivity index is 2.79. The normalized spacial score (nSPS) is 10.4. The topological polar surface area (TPSA) is 17.1 Å². The summed E-state index contributed by atoms with van der Waals surface area (Å²) in [6, 6.07) is 8.68. The average molecular weight is 175 g/mol. The number of hydrogen-bond acceptors (Lipinski definition) is 2. The Bertz CT molecular complexity index is 428. The third kappa shape index (κ3) is 1.04. The van der Waals surface area contributed by atoms with Gasteiger partial charge < -0.3 is 0 Å². The Morgan fingerprint density at radius 1 is 1.58 bits per heavy atom. The van der Waals surface area contributed by atoms with Crippen molar-refractivity contribution in [2.24, 2.45) is 0 Å². The van der Waals surface area contributed by atoms with Gasteiger partial charge in [0.05, 0.1) is 0 Å². The highest BCUT2D eigenvalue weighted by atomic mass is 32.1. The highest BCUT2D eigenvalue weighted by Gasteiger charge is 2.05. The fourth-order valence-electron chi connectivity index (χ4n) is 1.19. The van der Waals surface area contributed by atoms with Crippen LogP contribution in [0.2, 0.25) is 0 Å². The van der Waals surface area contributed by atoms with E-state index in [-0.39, 0.29) is 5.78 Å². The van der Waals surface area contributed by atoms with Crippen LogP contribution in [-0.2, 0) is 0 Å². The summed E-state index contributed by atoms with van der Waals surface area (Å²) >= 11 is 1.60. The fraction of sp³-hybridized carbons (Fsp3) is 0.100. The number of fused-ring (bicyclic) bond motifs is 1. The van der Waals surface area contributed by atoms with Gasteiger partial charge in [-0.05, 0) is 25.1 Å². The summed E-state index contributed by atoms with van der Waals surface area (Å²) in [5, 5.41) is 2.93. The van der Waals surface area contributed by atoms with Crippen molar-refractivity contribution in [3.63, 3.8) is 0 Å². The largest absolute Gasteiger partial charge is 0.294 e. The minimum absolute atomic E-state index is 0.126. The standard InChI is InChI=1S/C10H7OS/c1-7(11)9-6-12-10-5-3-2-4-8(9)10/h3-6H,1H3. The summed E-state index contributed by atoms with van der Waals surface area (Å²) in [5.74, 6) is 0.126. The van der Waals surface area contributed by atoms with Gasteiger partial charge in [-0.2, -0.15) is 0 Å². The molecule has 1 nitrogen and oxygen atoms in total. The molecule has 12 heavy (non-hydrogen) atoms. The molecule has 0 saturated carbocycles. The van der Waals surface area contributed by atoms with Crippen LogP contribution in [0.3, 0.4) is 0 Å². The van der Waals surface area contributed by atoms with Crippen LogP contribution in [0, 0.1) is 6.07 Å². The Labute approximate surface area is 74.6 Å². The van der Waals surface area contributed by atoms with Crippen molar-refractivity contribution in [2.75, 3.05) is 0 Å². The first-order valence-corrected chi connectivity index (χ1v) is 4.55. The van der Waals surface area contributed by atoms with Crippen LogP contribution < -0.4 is 0 Å². The van der Waals surface area contributed by atoms with Crippen molar-refractivity contribution in [3.8, 4) is 0 Å². The van der Waals surface area contributed by atoms with E-state index in [1.807, 2.05) is 23.6 Å². The second kappa shape index (κ2) is 2.72. The van der Waals surface area contributed by atoms with Crippen LogP contribution in [0.5, 0.6) is 0 Å². The smallest absolute Gasteiger partial charge is 0.161 e. The minimum Gasteiger partial charge on any atom is -0.294 e. The van der Waals surface area contributed by atoms with Crippen LogP contribution >= 0.6 is 11.3 Å². The van der Waals surface area contributed by atoms with E-state index < -0.39 is 0 Å². The minimum atomic E-state index is 0.126. The average Bonchev–Trinajstić information content (AvgIpc) is 2.47. The fourth-order valence-corrected chi connectivity index (χ4v) is 2.17. The van der Waals surface area contributed by atoms with Gasteiger partial charge in [-0.3, -0.25) is 4.79 Å². The predicted molar refractivity (Wildman–Crippen MR) is 50.7 cm³/mol. The van der Waals surface area contributed by atoms with Gasteiger partial charge in [-0.15, -0.1) is 11.3 Å². The molecule has 0 amide bonds. The monoisotopic (exact) mass is 175 g/mol. The molecular weight excluding hydrogens is 168 g/mol. The van der Waals surface area contributed by atoms with Crippen molar-refractivity contribution in [3.05, 3.63) is 35.2 Å². The zero-order valence-electron chi connectivity index (χ0n) is 6.63. The van der Waals surface area contributed by atoms with E-state index >= 15 is 0 Å². The molecule has 0 aliphatic carbocycles. The first kappa shape index (κ1) is 7.50. The van der Waals surface area contributed by atoms with Crippen molar-refractivity contribution >= 4 is 27.2 Å². The maximum absolute atomic E-state index is 11.1. The lowest BCUT2D eigenvalue weighted by atomic mass is 10.1. The van der Waals surface area contributed by atoms with Gasteiger partial charge in [0.15, 0.2) is 5.78 Å². The van der Waals surface area contributed by atoms with Crippen LogP contribution in [0.15, 0.2) is 23.6 Å². The van der Waals surface area contributed by atoms with Gasteiger partial charge in [-0.25, -0.2) is 0 Å². The van der Waals surface area contributed by atoms with E-state index in [0.717, 1.165) is 15.6 Å². The van der Waals surface area contributed by atoms with Crippen molar-refractivity contribution in [1.29, 1.82) is 0 Å². The molecule has 1 radical (unpaired) electrons. The van der Waals surface area contributed by atoms with E-state index in [2.05, 4.69) is 6.07 Å². The van der Waals surface area contributed by atoms with Crippen molar-refractivity contribution < 1.29 is 4.79 Å². The quantitative estimate of drug-likeness (QED) is 0.609. The van der Waals surface area contributed by atoms with Gasteiger partial charge >= 0.3 is 0 Å². The lowest BCUT2D eigenvalue weighted by molar-refractivity contribution is 0.101. The molecule has 0 unspecified atom stereocenters. The third-order valence-corrected chi connectivity index (χ3v) is 2.76. The van der Waals surface area contributed by atoms with Crippen molar-refractivity contribution in [1.82, 2.24) is 0 Å². The molecule has 59 valence electrons. The van der Waals surface area contributed by atoms with E-state index in [1.54, 1.807) is 18.3 Å². The number of rotatable bonds is 1. The highest BCUT2D eigenvalue weighted by Crippen LogP contribution is 2.25. The summed E-state index contributed by atoms with van der Waals surface area (Å²) in [4.78, 5) is 11.1. The highest BCUT2D eigenvalue weighted by molar-refractivity contribution is 7.17. The van der Waals surface area contributed by atoms with E-state index in [0.29, 0.717) is 0 Å². The third-order valence-electron chi connectivity index (χ3n) is 1.80. The molecule has 0 N–H and O–H groups in total. The maximum Gasteiger partial charge on any atom is 0.161 e. The Morgan fingerprint density at radius 2 is 2.42 bits per heavy atom. The second-order valence-electron chi connectivity index (χ2n) is 2.63. The number of thiophene rings is 1. The molecule has 1 heterocycles. The van der Waals surface area contributed by atoms with Gasteiger partial charge in [-0.1, -0.05) is 6.07 Å². The molecule has 2 aromatic rings. The number of carbonyl (C=O) groups is 1. The van der Waals surface area contributed by atoms with Crippen molar-refractivity contribution in [2.45, 2.75) is 6.92 Å². The summed E-state index contributed by atoms with van der Waals surface area (Å²) in [7, 11) is 0. The summed E-state index contributed by atoms with van der Waals surface area (Å²) < 4.78 is 1.15.